The monoisotopic (exact) mass is 366 g/mol. The van der Waals surface area contributed by atoms with Gasteiger partial charge in [-0.25, -0.2) is 0 Å². The Balaban J connectivity index is 1.47. The Hall–Kier alpha value is -2.33. The molecule has 0 aliphatic carbocycles. The lowest BCUT2D eigenvalue weighted by atomic mass is 10.1. The number of benzene rings is 2. The van der Waals surface area contributed by atoms with Gasteiger partial charge in [0.1, 0.15) is 5.75 Å². The number of amides is 1. The fourth-order valence-electron chi connectivity index (χ4n) is 3.63. The van der Waals surface area contributed by atoms with Crippen LogP contribution in [0.4, 0.5) is 0 Å². The molecular formula is C23H30N2O2. The van der Waals surface area contributed by atoms with Gasteiger partial charge in [0.15, 0.2) is 0 Å². The molecule has 1 amide bonds. The summed E-state index contributed by atoms with van der Waals surface area (Å²) in [6, 6.07) is 18.9. The summed E-state index contributed by atoms with van der Waals surface area (Å²) in [7, 11) is 0. The van der Waals surface area contributed by atoms with Crippen LogP contribution in [0.25, 0.3) is 0 Å². The minimum Gasteiger partial charge on any atom is -0.494 e. The molecular weight excluding hydrogens is 336 g/mol. The van der Waals surface area contributed by atoms with Crippen LogP contribution < -0.4 is 4.74 Å². The van der Waals surface area contributed by atoms with Crippen LogP contribution in [0.15, 0.2) is 54.6 Å². The molecule has 1 aliphatic rings. The lowest BCUT2D eigenvalue weighted by Gasteiger charge is -2.40. The number of hydrogen-bond donors (Lipinski definition) is 0. The summed E-state index contributed by atoms with van der Waals surface area (Å²) in [6.45, 7) is 8.47. The van der Waals surface area contributed by atoms with Gasteiger partial charge in [-0.15, -0.1) is 0 Å². The van der Waals surface area contributed by atoms with Crippen molar-refractivity contribution in [3.63, 3.8) is 0 Å². The molecule has 0 spiro atoms. The molecule has 3 rings (SSSR count). The van der Waals surface area contributed by atoms with Crippen molar-refractivity contribution >= 4 is 5.91 Å². The van der Waals surface area contributed by atoms with Gasteiger partial charge in [-0.3, -0.25) is 9.69 Å². The molecule has 0 bridgehead atoms. The second-order valence-electron chi connectivity index (χ2n) is 7.21. The molecule has 0 saturated carbocycles. The van der Waals surface area contributed by atoms with E-state index in [0.29, 0.717) is 19.1 Å². The molecule has 0 N–H and O–H groups in total. The lowest BCUT2D eigenvalue weighted by molar-refractivity contribution is -0.133. The van der Waals surface area contributed by atoms with Gasteiger partial charge in [-0.05, 0) is 43.5 Å². The van der Waals surface area contributed by atoms with Gasteiger partial charge in [0.05, 0.1) is 13.0 Å². The lowest BCUT2D eigenvalue weighted by Crippen LogP contribution is -2.54. The molecule has 1 heterocycles. The van der Waals surface area contributed by atoms with Gasteiger partial charge >= 0.3 is 0 Å². The zero-order chi connectivity index (χ0) is 19.1. The maximum Gasteiger partial charge on any atom is 0.227 e. The molecule has 0 radical (unpaired) electrons. The van der Waals surface area contributed by atoms with Crippen LogP contribution in [-0.4, -0.2) is 54.5 Å². The Morgan fingerprint density at radius 3 is 2.44 bits per heavy atom. The first-order valence-corrected chi connectivity index (χ1v) is 9.93. The molecule has 1 fully saturated rings. The molecule has 1 saturated heterocycles. The molecule has 4 nitrogen and oxygen atoms in total. The van der Waals surface area contributed by atoms with Crippen molar-refractivity contribution in [3.8, 4) is 5.75 Å². The number of carbonyl (C=O) groups excluding carboxylic acids is 1. The normalized spacial score (nSPS) is 17.7. The highest BCUT2D eigenvalue weighted by Crippen LogP contribution is 2.15. The van der Waals surface area contributed by atoms with Gasteiger partial charge < -0.3 is 9.64 Å². The predicted octanol–water partition coefficient (Wildman–Crippen LogP) is 3.40. The molecule has 2 aromatic rings. The largest absolute Gasteiger partial charge is 0.494 e. The van der Waals surface area contributed by atoms with Crippen LogP contribution in [0, 0.1) is 0 Å². The molecule has 27 heavy (non-hydrogen) atoms. The predicted molar refractivity (Wildman–Crippen MR) is 109 cm³/mol. The van der Waals surface area contributed by atoms with Crippen LogP contribution in [0.1, 0.15) is 25.0 Å². The summed E-state index contributed by atoms with van der Waals surface area (Å²) in [4.78, 5) is 17.2. The molecule has 1 aliphatic heterocycles. The van der Waals surface area contributed by atoms with Crippen molar-refractivity contribution in [1.82, 2.24) is 9.80 Å². The molecule has 0 aromatic heterocycles. The van der Waals surface area contributed by atoms with E-state index < -0.39 is 0 Å². The number of nitrogens with zero attached hydrogens (tertiary/aromatic N) is 2. The maximum atomic E-state index is 12.7. The van der Waals surface area contributed by atoms with E-state index in [1.807, 2.05) is 36.1 Å². The van der Waals surface area contributed by atoms with Crippen molar-refractivity contribution in [3.05, 3.63) is 65.7 Å². The Labute approximate surface area is 162 Å². The van der Waals surface area contributed by atoms with Gasteiger partial charge in [-0.2, -0.15) is 0 Å². The first kappa shape index (κ1) is 19.4. The molecule has 1 unspecified atom stereocenters. The summed E-state index contributed by atoms with van der Waals surface area (Å²) >= 11 is 0. The second kappa shape index (κ2) is 9.56. The van der Waals surface area contributed by atoms with E-state index in [1.54, 1.807) is 0 Å². The zero-order valence-corrected chi connectivity index (χ0v) is 16.4. The van der Waals surface area contributed by atoms with Crippen molar-refractivity contribution in [2.75, 3.05) is 32.8 Å². The van der Waals surface area contributed by atoms with Crippen LogP contribution in [0.3, 0.4) is 0 Å². The van der Waals surface area contributed by atoms with E-state index in [1.165, 1.54) is 5.56 Å². The average molecular weight is 367 g/mol. The average Bonchev–Trinajstić information content (AvgIpc) is 2.69. The van der Waals surface area contributed by atoms with Gasteiger partial charge in [-0.1, -0.05) is 42.5 Å². The molecule has 2 aromatic carbocycles. The van der Waals surface area contributed by atoms with Gasteiger partial charge in [0.25, 0.3) is 0 Å². The fraction of sp³-hybridized carbons (Fsp3) is 0.435. The van der Waals surface area contributed by atoms with Gasteiger partial charge in [0.2, 0.25) is 5.91 Å². The molecule has 4 heteroatoms. The Bertz CT molecular complexity index is 715. The fourth-order valence-corrected chi connectivity index (χ4v) is 3.63. The van der Waals surface area contributed by atoms with E-state index in [2.05, 4.69) is 42.2 Å². The Morgan fingerprint density at radius 1 is 1.04 bits per heavy atom. The number of carbonyl (C=O) groups is 1. The van der Waals surface area contributed by atoms with Crippen molar-refractivity contribution in [1.29, 1.82) is 0 Å². The van der Waals surface area contributed by atoms with Gasteiger partial charge in [0, 0.05) is 32.2 Å². The highest BCUT2D eigenvalue weighted by Gasteiger charge is 2.26. The quantitative estimate of drug-likeness (QED) is 0.753. The Kier molecular flexibility index (Phi) is 6.88. The Morgan fingerprint density at radius 2 is 1.78 bits per heavy atom. The van der Waals surface area contributed by atoms with Crippen molar-refractivity contribution < 1.29 is 9.53 Å². The van der Waals surface area contributed by atoms with E-state index in [0.717, 1.165) is 43.9 Å². The number of hydrogen-bond acceptors (Lipinski definition) is 3. The van der Waals surface area contributed by atoms with Crippen molar-refractivity contribution in [2.24, 2.45) is 0 Å². The van der Waals surface area contributed by atoms with Crippen LogP contribution in [0.2, 0.25) is 0 Å². The van der Waals surface area contributed by atoms with E-state index in [4.69, 9.17) is 4.74 Å². The highest BCUT2D eigenvalue weighted by molar-refractivity contribution is 5.79. The summed E-state index contributed by atoms with van der Waals surface area (Å²) < 4.78 is 5.46. The first-order valence-electron chi connectivity index (χ1n) is 9.93. The third-order valence-corrected chi connectivity index (χ3v) is 5.24. The number of ether oxygens (including phenoxy) is 1. The van der Waals surface area contributed by atoms with Crippen LogP contribution >= 0.6 is 0 Å². The first-order chi connectivity index (χ1) is 13.2. The smallest absolute Gasteiger partial charge is 0.227 e. The maximum absolute atomic E-state index is 12.7. The second-order valence-corrected chi connectivity index (χ2v) is 7.21. The zero-order valence-electron chi connectivity index (χ0n) is 16.4. The van der Waals surface area contributed by atoms with E-state index in [-0.39, 0.29) is 5.91 Å². The van der Waals surface area contributed by atoms with Crippen molar-refractivity contribution in [2.45, 2.75) is 32.7 Å². The minimum atomic E-state index is 0.216. The highest BCUT2D eigenvalue weighted by atomic mass is 16.5. The minimum absolute atomic E-state index is 0.216. The summed E-state index contributed by atoms with van der Waals surface area (Å²) in [5, 5.41) is 0. The number of piperazine rings is 1. The number of rotatable bonds is 7. The SMILES string of the molecule is CCOc1ccc(CC(=O)N2CCN(CCc3ccccc3)C(C)C2)cc1. The molecule has 144 valence electrons. The summed E-state index contributed by atoms with van der Waals surface area (Å²) in [6.07, 6.45) is 1.52. The standard InChI is InChI=1S/C23H30N2O2/c1-3-27-22-11-9-21(10-12-22)17-23(26)25-16-15-24(19(2)18-25)14-13-20-7-5-4-6-8-20/h4-12,19H,3,13-18H2,1-2H3. The third-order valence-electron chi connectivity index (χ3n) is 5.24. The van der Waals surface area contributed by atoms with Crippen LogP contribution in [0.5, 0.6) is 5.75 Å². The van der Waals surface area contributed by atoms with E-state index in [9.17, 15) is 4.79 Å². The topological polar surface area (TPSA) is 32.8 Å². The van der Waals surface area contributed by atoms with Crippen LogP contribution in [-0.2, 0) is 17.6 Å². The summed E-state index contributed by atoms with van der Waals surface area (Å²) in [5.41, 5.74) is 2.42. The third kappa shape index (κ3) is 5.57. The summed E-state index contributed by atoms with van der Waals surface area (Å²) in [5.74, 6) is 1.07. The molecule has 1 atom stereocenters. The van der Waals surface area contributed by atoms with E-state index >= 15 is 0 Å².